The Labute approximate surface area is 141 Å². The van der Waals surface area contributed by atoms with Crippen LogP contribution in [-0.4, -0.2) is 29.6 Å². The lowest BCUT2D eigenvalue weighted by molar-refractivity contribution is 0.107. The van der Waals surface area contributed by atoms with Crippen LogP contribution in [0.1, 0.15) is 29.6 Å². The van der Waals surface area contributed by atoms with Gasteiger partial charge in [-0.3, -0.25) is 9.80 Å². The lowest BCUT2D eigenvalue weighted by atomic mass is 9.99. The minimum atomic E-state index is 0.445. The Bertz CT molecular complexity index is 606. The molecule has 4 rings (SSSR count). The number of fused-ring (bicyclic) bond motifs is 2. The van der Waals surface area contributed by atoms with Gasteiger partial charge in [0.15, 0.2) is 0 Å². The van der Waals surface area contributed by atoms with Crippen LogP contribution < -0.4 is 0 Å². The van der Waals surface area contributed by atoms with Gasteiger partial charge >= 0.3 is 0 Å². The van der Waals surface area contributed by atoms with Crippen molar-refractivity contribution in [3.63, 3.8) is 0 Å². The zero-order chi connectivity index (χ0) is 15.1. The van der Waals surface area contributed by atoms with Gasteiger partial charge in [0.25, 0.3) is 0 Å². The maximum Gasteiger partial charge on any atom is 0.0519 e. The fraction of sp³-hybridized carbons (Fsp3) is 0.333. The van der Waals surface area contributed by atoms with E-state index in [2.05, 4.69) is 34.1 Å². The van der Waals surface area contributed by atoms with E-state index in [0.717, 1.165) is 29.8 Å². The van der Waals surface area contributed by atoms with E-state index in [1.807, 2.05) is 24.3 Å². The first-order valence-corrected chi connectivity index (χ1v) is 8.45. The Morgan fingerprint density at radius 2 is 1.32 bits per heavy atom. The molecule has 0 amide bonds. The van der Waals surface area contributed by atoms with Crippen molar-refractivity contribution in [1.82, 2.24) is 9.80 Å². The molecule has 114 valence electrons. The van der Waals surface area contributed by atoms with Gasteiger partial charge in [-0.2, -0.15) is 0 Å². The summed E-state index contributed by atoms with van der Waals surface area (Å²) in [5, 5.41) is 1.60. The van der Waals surface area contributed by atoms with Crippen molar-refractivity contribution in [3.8, 4) is 0 Å². The summed E-state index contributed by atoms with van der Waals surface area (Å²) in [6, 6.07) is 17.5. The summed E-state index contributed by atoms with van der Waals surface area (Å²) in [7, 11) is 0. The van der Waals surface area contributed by atoms with Gasteiger partial charge in [-0.25, -0.2) is 0 Å². The van der Waals surface area contributed by atoms with Crippen LogP contribution >= 0.6 is 23.2 Å². The SMILES string of the molecule is Clc1ccc(C2CCN3CC(c4ccc(Cl)cc4)N2C3)cc1. The molecule has 0 aromatic heterocycles. The first-order chi connectivity index (χ1) is 10.7. The van der Waals surface area contributed by atoms with Gasteiger partial charge in [0, 0.05) is 35.2 Å². The molecular formula is C18H18Cl2N2. The number of halogens is 2. The largest absolute Gasteiger partial charge is 0.288 e. The average Bonchev–Trinajstić information content (AvgIpc) is 2.87. The highest BCUT2D eigenvalue weighted by Crippen LogP contribution is 2.41. The molecule has 4 unspecified atom stereocenters. The van der Waals surface area contributed by atoms with Gasteiger partial charge in [0.2, 0.25) is 0 Å². The van der Waals surface area contributed by atoms with Gasteiger partial charge < -0.3 is 0 Å². The molecule has 2 aromatic rings. The van der Waals surface area contributed by atoms with Crippen LogP contribution in [0.3, 0.4) is 0 Å². The number of nitrogens with zero attached hydrogens (tertiary/aromatic N) is 2. The molecule has 2 bridgehead atoms. The molecule has 2 aromatic carbocycles. The molecule has 2 saturated heterocycles. The van der Waals surface area contributed by atoms with E-state index in [9.17, 15) is 0 Å². The van der Waals surface area contributed by atoms with Crippen LogP contribution in [0.4, 0.5) is 0 Å². The first-order valence-electron chi connectivity index (χ1n) is 7.70. The molecule has 0 radical (unpaired) electrons. The van der Waals surface area contributed by atoms with E-state index < -0.39 is 0 Å². The van der Waals surface area contributed by atoms with Crippen LogP contribution in [0.2, 0.25) is 10.0 Å². The molecule has 0 aliphatic carbocycles. The molecule has 4 atom stereocenters. The minimum Gasteiger partial charge on any atom is -0.288 e. The van der Waals surface area contributed by atoms with Crippen molar-refractivity contribution in [2.24, 2.45) is 0 Å². The fourth-order valence-electron chi connectivity index (χ4n) is 3.71. The topological polar surface area (TPSA) is 6.48 Å². The number of rotatable bonds is 2. The number of hydrogen-bond acceptors (Lipinski definition) is 2. The lowest BCUT2D eigenvalue weighted by Crippen LogP contribution is -2.37. The number of benzene rings is 2. The highest BCUT2D eigenvalue weighted by Gasteiger charge is 2.40. The van der Waals surface area contributed by atoms with Crippen molar-refractivity contribution in [1.29, 1.82) is 0 Å². The third kappa shape index (κ3) is 2.65. The molecule has 2 heterocycles. The molecule has 2 aliphatic heterocycles. The van der Waals surface area contributed by atoms with E-state index in [0.29, 0.717) is 12.1 Å². The predicted molar refractivity (Wildman–Crippen MR) is 91.3 cm³/mol. The Hall–Kier alpha value is -1.06. The quantitative estimate of drug-likeness (QED) is 0.782. The standard InChI is InChI=1S/C18H18Cl2N2/c19-15-5-1-13(2-6-15)17-9-10-21-11-18(22(17)12-21)14-3-7-16(20)8-4-14/h1-8,17-18H,9-12H2. The second-order valence-corrected chi connectivity index (χ2v) is 7.03. The van der Waals surface area contributed by atoms with Crippen molar-refractivity contribution in [2.75, 3.05) is 19.8 Å². The van der Waals surface area contributed by atoms with Crippen molar-refractivity contribution in [2.45, 2.75) is 18.5 Å². The van der Waals surface area contributed by atoms with Crippen LogP contribution in [0.25, 0.3) is 0 Å². The van der Waals surface area contributed by atoms with Gasteiger partial charge in [0.05, 0.1) is 6.67 Å². The molecular weight excluding hydrogens is 315 g/mol. The Morgan fingerprint density at radius 1 is 0.773 bits per heavy atom. The molecule has 4 heteroatoms. The third-order valence-electron chi connectivity index (χ3n) is 4.82. The number of hydrogen-bond donors (Lipinski definition) is 0. The lowest BCUT2D eigenvalue weighted by Gasteiger charge is -2.36. The van der Waals surface area contributed by atoms with Crippen molar-refractivity contribution in [3.05, 3.63) is 69.7 Å². The van der Waals surface area contributed by atoms with Crippen molar-refractivity contribution >= 4 is 23.2 Å². The van der Waals surface area contributed by atoms with Crippen LogP contribution in [0.15, 0.2) is 48.5 Å². The predicted octanol–water partition coefficient (Wildman–Crippen LogP) is 4.75. The summed E-state index contributed by atoms with van der Waals surface area (Å²) >= 11 is 12.1. The van der Waals surface area contributed by atoms with Gasteiger partial charge in [-0.15, -0.1) is 0 Å². The summed E-state index contributed by atoms with van der Waals surface area (Å²) in [6.45, 7) is 3.31. The Morgan fingerprint density at radius 3 is 1.91 bits per heavy atom. The highest BCUT2D eigenvalue weighted by molar-refractivity contribution is 6.30. The molecule has 0 spiro atoms. The maximum atomic E-state index is 6.03. The highest BCUT2D eigenvalue weighted by atomic mass is 35.5. The smallest absolute Gasteiger partial charge is 0.0519 e. The Balaban J connectivity index is 1.64. The summed E-state index contributed by atoms with van der Waals surface area (Å²) < 4.78 is 0. The molecule has 22 heavy (non-hydrogen) atoms. The fourth-order valence-corrected chi connectivity index (χ4v) is 3.96. The molecule has 2 fully saturated rings. The van der Waals surface area contributed by atoms with E-state index in [-0.39, 0.29) is 0 Å². The Kier molecular flexibility index (Phi) is 3.87. The van der Waals surface area contributed by atoms with Gasteiger partial charge in [-0.1, -0.05) is 47.5 Å². The van der Waals surface area contributed by atoms with Crippen LogP contribution in [0.5, 0.6) is 0 Å². The molecule has 0 saturated carbocycles. The third-order valence-corrected chi connectivity index (χ3v) is 5.33. The average molecular weight is 333 g/mol. The molecule has 0 N–H and O–H groups in total. The van der Waals surface area contributed by atoms with E-state index >= 15 is 0 Å². The zero-order valence-corrected chi connectivity index (χ0v) is 13.8. The van der Waals surface area contributed by atoms with Gasteiger partial charge in [0.1, 0.15) is 0 Å². The zero-order valence-electron chi connectivity index (χ0n) is 12.3. The maximum absolute atomic E-state index is 6.03. The van der Waals surface area contributed by atoms with E-state index in [1.165, 1.54) is 17.5 Å². The van der Waals surface area contributed by atoms with E-state index in [1.54, 1.807) is 0 Å². The molecule has 2 aliphatic rings. The summed E-state index contributed by atoms with van der Waals surface area (Å²) in [5.74, 6) is 0. The normalized spacial score (nSPS) is 30.5. The van der Waals surface area contributed by atoms with Gasteiger partial charge in [-0.05, 0) is 41.8 Å². The van der Waals surface area contributed by atoms with Crippen molar-refractivity contribution < 1.29 is 0 Å². The molecule has 2 nitrogen and oxygen atoms in total. The second-order valence-electron chi connectivity index (χ2n) is 6.16. The van der Waals surface area contributed by atoms with E-state index in [4.69, 9.17) is 23.2 Å². The summed E-state index contributed by atoms with van der Waals surface area (Å²) in [6.07, 6.45) is 1.17. The minimum absolute atomic E-state index is 0.445. The second kappa shape index (κ2) is 5.86. The van der Waals surface area contributed by atoms with Crippen LogP contribution in [0, 0.1) is 0 Å². The monoisotopic (exact) mass is 332 g/mol. The first kappa shape index (κ1) is 14.5. The summed E-state index contributed by atoms with van der Waals surface area (Å²) in [4.78, 5) is 5.14. The van der Waals surface area contributed by atoms with Crippen LogP contribution in [-0.2, 0) is 0 Å². The summed E-state index contributed by atoms with van der Waals surface area (Å²) in [5.41, 5.74) is 2.72.